The summed E-state index contributed by atoms with van der Waals surface area (Å²) >= 11 is 0. The number of aliphatic hydroxyl groups excluding tert-OH is 1. The fourth-order valence-corrected chi connectivity index (χ4v) is 1.89. The average Bonchev–Trinajstić information content (AvgIpc) is 2.67. The van der Waals surface area contributed by atoms with E-state index in [0.29, 0.717) is 6.04 Å². The number of rotatable bonds is 2. The molecule has 1 atom stereocenters. The van der Waals surface area contributed by atoms with Gasteiger partial charge >= 0.3 is 0 Å². The van der Waals surface area contributed by atoms with Gasteiger partial charge in [0.05, 0.1) is 24.5 Å². The molecule has 0 radical (unpaired) electrons. The number of aromatic nitrogens is 1. The molecule has 3 nitrogen and oxygen atoms in total. The van der Waals surface area contributed by atoms with Crippen molar-refractivity contribution in [1.29, 1.82) is 0 Å². The zero-order chi connectivity index (χ0) is 9.10. The van der Waals surface area contributed by atoms with Crippen LogP contribution in [0.3, 0.4) is 0 Å². The molecule has 0 amide bonds. The van der Waals surface area contributed by atoms with Gasteiger partial charge in [-0.3, -0.25) is 4.98 Å². The number of hydrogen-bond acceptors (Lipinski definition) is 3. The van der Waals surface area contributed by atoms with Gasteiger partial charge in [0.25, 0.3) is 0 Å². The van der Waals surface area contributed by atoms with E-state index in [0.717, 1.165) is 18.7 Å². The molecule has 1 fully saturated rings. The molecule has 70 valence electrons. The SMILES string of the molecule is OCC1CCCN1c1cccnc1. The van der Waals surface area contributed by atoms with Gasteiger partial charge < -0.3 is 10.0 Å². The Bertz CT molecular complexity index is 263. The van der Waals surface area contributed by atoms with Crippen LogP contribution in [0.1, 0.15) is 12.8 Å². The summed E-state index contributed by atoms with van der Waals surface area (Å²) in [7, 11) is 0. The minimum atomic E-state index is 0.245. The number of hydrogen-bond donors (Lipinski definition) is 1. The van der Waals surface area contributed by atoms with Crippen LogP contribution >= 0.6 is 0 Å². The molecular weight excluding hydrogens is 164 g/mol. The van der Waals surface area contributed by atoms with E-state index in [9.17, 15) is 0 Å². The van der Waals surface area contributed by atoms with Gasteiger partial charge in [0.1, 0.15) is 0 Å². The number of nitrogens with zero attached hydrogens (tertiary/aromatic N) is 2. The van der Waals surface area contributed by atoms with Crippen LogP contribution in [0.15, 0.2) is 24.5 Å². The van der Waals surface area contributed by atoms with Crippen LogP contribution in [0.25, 0.3) is 0 Å². The second-order valence-electron chi connectivity index (χ2n) is 3.38. The van der Waals surface area contributed by atoms with Gasteiger partial charge in [-0.15, -0.1) is 0 Å². The highest BCUT2D eigenvalue weighted by Gasteiger charge is 2.23. The maximum Gasteiger partial charge on any atom is 0.0635 e. The van der Waals surface area contributed by atoms with Crippen molar-refractivity contribution in [3.05, 3.63) is 24.5 Å². The molecule has 13 heavy (non-hydrogen) atoms. The van der Waals surface area contributed by atoms with Crippen LogP contribution < -0.4 is 4.90 Å². The molecule has 1 N–H and O–H groups in total. The van der Waals surface area contributed by atoms with E-state index >= 15 is 0 Å². The molecule has 1 unspecified atom stereocenters. The Morgan fingerprint density at radius 1 is 1.62 bits per heavy atom. The number of pyridine rings is 1. The first kappa shape index (κ1) is 8.51. The summed E-state index contributed by atoms with van der Waals surface area (Å²) in [4.78, 5) is 6.30. The molecule has 0 spiro atoms. The molecule has 2 rings (SSSR count). The molecule has 1 aromatic heterocycles. The predicted molar refractivity (Wildman–Crippen MR) is 51.7 cm³/mol. The lowest BCUT2D eigenvalue weighted by Gasteiger charge is -2.24. The van der Waals surface area contributed by atoms with Crippen molar-refractivity contribution >= 4 is 5.69 Å². The van der Waals surface area contributed by atoms with E-state index in [1.165, 1.54) is 6.42 Å². The normalized spacial score (nSPS) is 22.2. The lowest BCUT2D eigenvalue weighted by atomic mass is 10.2. The van der Waals surface area contributed by atoms with Crippen molar-refractivity contribution in [3.8, 4) is 0 Å². The molecule has 0 aromatic carbocycles. The second-order valence-corrected chi connectivity index (χ2v) is 3.38. The van der Waals surface area contributed by atoms with E-state index in [4.69, 9.17) is 5.11 Å². The van der Waals surface area contributed by atoms with Crippen molar-refractivity contribution < 1.29 is 5.11 Å². The summed E-state index contributed by atoms with van der Waals surface area (Å²) in [5.41, 5.74) is 1.12. The van der Waals surface area contributed by atoms with Crippen molar-refractivity contribution in [1.82, 2.24) is 4.98 Å². The Labute approximate surface area is 78.0 Å². The fraction of sp³-hybridized carbons (Fsp3) is 0.500. The first-order chi connectivity index (χ1) is 6.42. The van der Waals surface area contributed by atoms with Crippen LogP contribution in [-0.2, 0) is 0 Å². The maximum absolute atomic E-state index is 9.14. The maximum atomic E-state index is 9.14. The number of aliphatic hydroxyl groups is 1. The molecule has 0 aliphatic carbocycles. The first-order valence-corrected chi connectivity index (χ1v) is 4.69. The molecule has 2 heterocycles. The summed E-state index contributed by atoms with van der Waals surface area (Å²) in [5.74, 6) is 0. The highest BCUT2D eigenvalue weighted by molar-refractivity contribution is 5.45. The molecule has 1 saturated heterocycles. The zero-order valence-electron chi connectivity index (χ0n) is 7.56. The molecule has 1 aromatic rings. The molecule has 1 aliphatic rings. The third-order valence-electron chi connectivity index (χ3n) is 2.57. The summed E-state index contributed by atoms with van der Waals surface area (Å²) in [6.45, 7) is 1.28. The van der Waals surface area contributed by atoms with Gasteiger partial charge in [-0.25, -0.2) is 0 Å². The Kier molecular flexibility index (Phi) is 2.45. The lowest BCUT2D eigenvalue weighted by molar-refractivity contribution is 0.266. The topological polar surface area (TPSA) is 36.4 Å². The summed E-state index contributed by atoms with van der Waals surface area (Å²) in [5, 5.41) is 9.14. The largest absolute Gasteiger partial charge is 0.394 e. The predicted octanol–water partition coefficient (Wildman–Crippen LogP) is 1.04. The van der Waals surface area contributed by atoms with Crippen LogP contribution in [-0.4, -0.2) is 29.3 Å². The summed E-state index contributed by atoms with van der Waals surface area (Å²) in [6, 6.07) is 4.27. The van der Waals surface area contributed by atoms with Gasteiger partial charge in [0.2, 0.25) is 0 Å². The van der Waals surface area contributed by atoms with Crippen molar-refractivity contribution in [2.45, 2.75) is 18.9 Å². The van der Waals surface area contributed by atoms with Crippen LogP contribution in [0, 0.1) is 0 Å². The van der Waals surface area contributed by atoms with Crippen LogP contribution in [0.2, 0.25) is 0 Å². The third kappa shape index (κ3) is 1.65. The molecule has 3 heteroatoms. The zero-order valence-corrected chi connectivity index (χ0v) is 7.56. The Morgan fingerprint density at radius 2 is 2.54 bits per heavy atom. The van der Waals surface area contributed by atoms with Gasteiger partial charge in [0.15, 0.2) is 0 Å². The smallest absolute Gasteiger partial charge is 0.0635 e. The monoisotopic (exact) mass is 178 g/mol. The quantitative estimate of drug-likeness (QED) is 0.735. The van der Waals surface area contributed by atoms with Gasteiger partial charge in [-0.05, 0) is 25.0 Å². The van der Waals surface area contributed by atoms with Crippen molar-refractivity contribution in [3.63, 3.8) is 0 Å². The van der Waals surface area contributed by atoms with Crippen molar-refractivity contribution in [2.75, 3.05) is 18.1 Å². The minimum absolute atomic E-state index is 0.245. The van der Waals surface area contributed by atoms with Crippen LogP contribution in [0.5, 0.6) is 0 Å². The van der Waals surface area contributed by atoms with E-state index in [-0.39, 0.29) is 6.61 Å². The Morgan fingerprint density at radius 3 is 3.23 bits per heavy atom. The van der Waals surface area contributed by atoms with E-state index in [1.807, 2.05) is 18.3 Å². The van der Waals surface area contributed by atoms with E-state index in [1.54, 1.807) is 6.20 Å². The van der Waals surface area contributed by atoms with E-state index in [2.05, 4.69) is 9.88 Å². The highest BCUT2D eigenvalue weighted by atomic mass is 16.3. The third-order valence-corrected chi connectivity index (χ3v) is 2.57. The first-order valence-electron chi connectivity index (χ1n) is 4.69. The average molecular weight is 178 g/mol. The molecule has 0 bridgehead atoms. The summed E-state index contributed by atoms with van der Waals surface area (Å²) < 4.78 is 0. The molecular formula is C10H14N2O. The molecule has 1 aliphatic heterocycles. The van der Waals surface area contributed by atoms with Gasteiger partial charge in [-0.1, -0.05) is 0 Å². The highest BCUT2D eigenvalue weighted by Crippen LogP contribution is 2.23. The van der Waals surface area contributed by atoms with E-state index < -0.39 is 0 Å². The van der Waals surface area contributed by atoms with Crippen LogP contribution in [0.4, 0.5) is 5.69 Å². The standard InChI is InChI=1S/C10H14N2O/c13-8-10-4-2-6-12(10)9-3-1-5-11-7-9/h1,3,5,7,10,13H,2,4,6,8H2. The minimum Gasteiger partial charge on any atom is -0.394 e. The lowest BCUT2D eigenvalue weighted by Crippen LogP contribution is -2.31. The Balaban J connectivity index is 2.16. The summed E-state index contributed by atoms with van der Waals surface area (Å²) in [6.07, 6.45) is 5.88. The Hall–Kier alpha value is -1.09. The van der Waals surface area contributed by atoms with Crippen molar-refractivity contribution in [2.24, 2.45) is 0 Å². The van der Waals surface area contributed by atoms with Gasteiger partial charge in [-0.2, -0.15) is 0 Å². The van der Waals surface area contributed by atoms with Gasteiger partial charge in [0, 0.05) is 12.7 Å². The molecule has 0 saturated carbocycles. The second kappa shape index (κ2) is 3.75. The number of anilines is 1. The fourth-order valence-electron chi connectivity index (χ4n) is 1.89.